The van der Waals surface area contributed by atoms with Crippen molar-refractivity contribution in [2.45, 2.75) is 31.7 Å². The summed E-state index contributed by atoms with van der Waals surface area (Å²) >= 11 is 0. The number of carbonyl (C=O) groups is 2. The van der Waals surface area contributed by atoms with Gasteiger partial charge in [0, 0.05) is 45.1 Å². The minimum Gasteiger partial charge on any atom is -0.347 e. The van der Waals surface area contributed by atoms with Crippen LogP contribution in [0.15, 0.2) is 30.3 Å². The highest BCUT2D eigenvalue weighted by atomic mass is 19.1. The van der Waals surface area contributed by atoms with Crippen LogP contribution in [0.25, 0.3) is 0 Å². The number of ether oxygens (including phenoxy) is 2. The van der Waals surface area contributed by atoms with Crippen molar-refractivity contribution in [1.82, 2.24) is 19.6 Å². The van der Waals surface area contributed by atoms with E-state index in [2.05, 4.69) is 5.10 Å². The Labute approximate surface area is 173 Å². The molecule has 0 saturated carbocycles. The van der Waals surface area contributed by atoms with Crippen molar-refractivity contribution in [2.24, 2.45) is 0 Å². The topological polar surface area (TPSA) is 76.9 Å². The van der Waals surface area contributed by atoms with Gasteiger partial charge in [-0.15, -0.1) is 0 Å². The van der Waals surface area contributed by atoms with E-state index in [1.165, 1.54) is 12.1 Å². The van der Waals surface area contributed by atoms with Gasteiger partial charge in [0.25, 0.3) is 11.8 Å². The van der Waals surface area contributed by atoms with Crippen molar-refractivity contribution >= 4 is 11.8 Å². The van der Waals surface area contributed by atoms with Crippen LogP contribution in [0.5, 0.6) is 0 Å². The van der Waals surface area contributed by atoms with Crippen molar-refractivity contribution in [2.75, 3.05) is 32.8 Å². The maximum absolute atomic E-state index is 13.1. The molecule has 9 heteroatoms. The Morgan fingerprint density at radius 3 is 2.47 bits per heavy atom. The van der Waals surface area contributed by atoms with Crippen molar-refractivity contribution in [3.05, 3.63) is 53.1 Å². The Bertz CT molecular complexity index is 958. The number of amides is 2. The normalized spacial score (nSPS) is 20.6. The van der Waals surface area contributed by atoms with E-state index in [4.69, 9.17) is 9.47 Å². The van der Waals surface area contributed by atoms with Gasteiger partial charge in [-0.2, -0.15) is 5.10 Å². The van der Waals surface area contributed by atoms with Gasteiger partial charge >= 0.3 is 0 Å². The van der Waals surface area contributed by atoms with Crippen LogP contribution in [-0.4, -0.2) is 70.0 Å². The molecule has 0 aliphatic carbocycles. The third-order valence-electron chi connectivity index (χ3n) is 6.00. The van der Waals surface area contributed by atoms with Crippen molar-refractivity contribution in [3.8, 4) is 0 Å². The molecule has 0 N–H and O–H groups in total. The molecule has 4 heterocycles. The number of hydrogen-bond donors (Lipinski definition) is 0. The van der Waals surface area contributed by atoms with Gasteiger partial charge in [0.1, 0.15) is 11.5 Å². The minimum absolute atomic E-state index is 0.178. The Morgan fingerprint density at radius 2 is 1.77 bits per heavy atom. The summed E-state index contributed by atoms with van der Waals surface area (Å²) in [4.78, 5) is 29.3. The second-order valence-corrected chi connectivity index (χ2v) is 7.89. The van der Waals surface area contributed by atoms with E-state index in [-0.39, 0.29) is 23.3 Å². The summed E-state index contributed by atoms with van der Waals surface area (Å²) < 4.78 is 26.1. The van der Waals surface area contributed by atoms with Gasteiger partial charge in [-0.3, -0.25) is 14.3 Å². The molecule has 2 aromatic rings. The Balaban J connectivity index is 1.27. The maximum Gasteiger partial charge on any atom is 0.274 e. The molecule has 1 aromatic carbocycles. The van der Waals surface area contributed by atoms with E-state index in [0.717, 1.165) is 5.56 Å². The number of likely N-dealkylation sites (tertiary alicyclic amines) is 1. The first-order valence-electron chi connectivity index (χ1n) is 10.2. The smallest absolute Gasteiger partial charge is 0.274 e. The summed E-state index contributed by atoms with van der Waals surface area (Å²) in [6.07, 6.45) is 1.27. The molecule has 30 heavy (non-hydrogen) atoms. The largest absolute Gasteiger partial charge is 0.347 e. The van der Waals surface area contributed by atoms with Gasteiger partial charge in [0.15, 0.2) is 11.5 Å². The standard InChI is InChI=1S/C21H23FN4O4/c22-16-3-1-15(2-4-16)14-25-9-10-26-18(20(25)28)13-17(23-26)19(27)24-7-5-21(6-8-24)29-11-12-30-21/h1-4,13H,5-12,14H2. The number of nitrogens with zero attached hydrogens (tertiary/aromatic N) is 4. The molecule has 158 valence electrons. The number of rotatable bonds is 3. The molecule has 0 atom stereocenters. The average molecular weight is 414 g/mol. The molecule has 8 nitrogen and oxygen atoms in total. The Morgan fingerprint density at radius 1 is 1.07 bits per heavy atom. The Kier molecular flexibility index (Phi) is 4.79. The van der Waals surface area contributed by atoms with Gasteiger partial charge in [0.2, 0.25) is 0 Å². The van der Waals surface area contributed by atoms with Gasteiger partial charge in [-0.25, -0.2) is 4.39 Å². The first kappa shape index (κ1) is 19.2. The minimum atomic E-state index is -0.541. The first-order chi connectivity index (χ1) is 14.5. The van der Waals surface area contributed by atoms with E-state index in [1.54, 1.807) is 32.7 Å². The lowest BCUT2D eigenvalue weighted by molar-refractivity contribution is -0.181. The molecular weight excluding hydrogens is 391 g/mol. The van der Waals surface area contributed by atoms with Crippen molar-refractivity contribution in [1.29, 1.82) is 0 Å². The number of carbonyl (C=O) groups excluding carboxylic acids is 2. The van der Waals surface area contributed by atoms with Gasteiger partial charge in [-0.05, 0) is 17.7 Å². The van der Waals surface area contributed by atoms with Gasteiger partial charge in [0.05, 0.1) is 19.8 Å². The van der Waals surface area contributed by atoms with Crippen LogP contribution in [0, 0.1) is 5.82 Å². The fraction of sp³-hybridized carbons (Fsp3) is 0.476. The second kappa shape index (κ2) is 7.48. The monoisotopic (exact) mass is 414 g/mol. The van der Waals surface area contributed by atoms with Crippen molar-refractivity contribution in [3.63, 3.8) is 0 Å². The van der Waals surface area contributed by atoms with E-state index >= 15 is 0 Å². The first-order valence-corrected chi connectivity index (χ1v) is 10.2. The lowest BCUT2D eigenvalue weighted by atomic mass is 10.0. The molecule has 0 unspecified atom stereocenters. The summed E-state index contributed by atoms with van der Waals surface area (Å²) in [5.74, 6) is -1.20. The summed E-state index contributed by atoms with van der Waals surface area (Å²) in [6.45, 7) is 3.65. The summed E-state index contributed by atoms with van der Waals surface area (Å²) in [5, 5.41) is 4.38. The number of piperidine rings is 1. The number of fused-ring (bicyclic) bond motifs is 1. The zero-order valence-electron chi connectivity index (χ0n) is 16.6. The fourth-order valence-electron chi connectivity index (χ4n) is 4.30. The maximum atomic E-state index is 13.1. The van der Waals surface area contributed by atoms with E-state index in [9.17, 15) is 14.0 Å². The van der Waals surface area contributed by atoms with Gasteiger partial charge < -0.3 is 19.3 Å². The molecule has 2 amide bonds. The summed E-state index contributed by atoms with van der Waals surface area (Å²) in [7, 11) is 0. The lowest BCUT2D eigenvalue weighted by Crippen LogP contribution is -2.47. The molecule has 3 aliphatic rings. The molecule has 0 bridgehead atoms. The summed E-state index contributed by atoms with van der Waals surface area (Å²) in [6, 6.07) is 7.69. The third-order valence-corrected chi connectivity index (χ3v) is 6.00. The van der Waals surface area contributed by atoms with Crippen LogP contribution in [0.3, 0.4) is 0 Å². The number of benzene rings is 1. The molecule has 2 saturated heterocycles. The zero-order valence-corrected chi connectivity index (χ0v) is 16.6. The van der Waals surface area contributed by atoms with E-state index in [0.29, 0.717) is 64.5 Å². The summed E-state index contributed by atoms with van der Waals surface area (Å²) in [5.41, 5.74) is 1.54. The average Bonchev–Trinajstić information content (AvgIpc) is 3.40. The fourth-order valence-corrected chi connectivity index (χ4v) is 4.30. The molecular formula is C21H23FN4O4. The highest BCUT2D eigenvalue weighted by Crippen LogP contribution is 2.31. The van der Waals surface area contributed by atoms with Crippen LogP contribution >= 0.6 is 0 Å². The molecule has 1 aromatic heterocycles. The SMILES string of the molecule is O=C(c1cc2n(n1)CCN(Cc1ccc(F)cc1)C2=O)N1CCC2(CC1)OCCO2. The number of halogens is 1. The van der Waals surface area contributed by atoms with Crippen LogP contribution < -0.4 is 0 Å². The number of aromatic nitrogens is 2. The molecule has 3 aliphatic heterocycles. The van der Waals surface area contributed by atoms with E-state index in [1.807, 2.05) is 0 Å². The third kappa shape index (κ3) is 3.48. The molecule has 0 radical (unpaired) electrons. The van der Waals surface area contributed by atoms with Crippen LogP contribution in [0.4, 0.5) is 4.39 Å². The Hall–Kier alpha value is -2.78. The molecule has 2 fully saturated rings. The zero-order chi connectivity index (χ0) is 20.7. The van der Waals surface area contributed by atoms with Crippen LogP contribution in [0.1, 0.15) is 39.4 Å². The predicted octanol–water partition coefficient (Wildman–Crippen LogP) is 1.66. The number of hydrogen-bond acceptors (Lipinski definition) is 5. The highest BCUT2D eigenvalue weighted by molar-refractivity contribution is 5.98. The lowest BCUT2D eigenvalue weighted by Gasteiger charge is -2.37. The van der Waals surface area contributed by atoms with Crippen LogP contribution in [0.2, 0.25) is 0 Å². The molecule has 1 spiro atoms. The highest BCUT2D eigenvalue weighted by Gasteiger charge is 2.41. The van der Waals surface area contributed by atoms with Crippen molar-refractivity contribution < 1.29 is 23.5 Å². The predicted molar refractivity (Wildman–Crippen MR) is 103 cm³/mol. The molecule has 5 rings (SSSR count). The quantitative estimate of drug-likeness (QED) is 0.764. The van der Waals surface area contributed by atoms with Crippen LogP contribution in [-0.2, 0) is 22.6 Å². The van der Waals surface area contributed by atoms with E-state index < -0.39 is 5.79 Å². The second-order valence-electron chi connectivity index (χ2n) is 7.89. The van der Waals surface area contributed by atoms with Gasteiger partial charge in [-0.1, -0.05) is 12.1 Å².